The van der Waals surface area contributed by atoms with Crippen LogP contribution in [-0.2, 0) is 0 Å². The van der Waals surface area contributed by atoms with E-state index in [0.29, 0.717) is 43.4 Å². The predicted octanol–water partition coefficient (Wildman–Crippen LogP) is 4.06. The van der Waals surface area contributed by atoms with Crippen molar-refractivity contribution in [1.82, 2.24) is 4.90 Å². The normalized spacial score (nSPS) is 14.1. The molecule has 5 nitrogen and oxygen atoms in total. The fraction of sp³-hybridized carbons (Fsp3) is 0.435. The topological polar surface area (TPSA) is 42.0 Å². The molecular weight excluding hydrogens is 352 g/mol. The number of nitrogens with zero attached hydrogens (tertiary/aromatic N) is 2. The van der Waals surface area contributed by atoms with Gasteiger partial charge in [0, 0.05) is 37.4 Å². The van der Waals surface area contributed by atoms with Crippen LogP contribution in [0.1, 0.15) is 35.3 Å². The van der Waals surface area contributed by atoms with Crippen LogP contribution in [0.15, 0.2) is 36.4 Å². The third-order valence-electron chi connectivity index (χ3n) is 5.06. The van der Waals surface area contributed by atoms with Crippen molar-refractivity contribution in [3.8, 4) is 11.5 Å². The number of hydrogen-bond donors (Lipinski definition) is 0. The lowest BCUT2D eigenvalue weighted by Gasteiger charge is -2.37. The quantitative estimate of drug-likeness (QED) is 0.755. The molecule has 0 bridgehead atoms. The van der Waals surface area contributed by atoms with Gasteiger partial charge in [-0.3, -0.25) is 4.79 Å². The second kappa shape index (κ2) is 9.00. The SMILES string of the molecule is CCOc1ccc(C(=O)N2CCN(c3cc(C)ccc3C)CC2)cc1OCC. The van der Waals surface area contributed by atoms with E-state index in [2.05, 4.69) is 36.9 Å². The largest absolute Gasteiger partial charge is 0.490 e. The Morgan fingerprint density at radius 2 is 1.57 bits per heavy atom. The van der Waals surface area contributed by atoms with Gasteiger partial charge in [-0.2, -0.15) is 0 Å². The highest BCUT2D eigenvalue weighted by atomic mass is 16.5. The average molecular weight is 383 g/mol. The first kappa shape index (κ1) is 20.1. The first-order valence-corrected chi connectivity index (χ1v) is 10.0. The van der Waals surface area contributed by atoms with E-state index in [1.54, 1.807) is 6.07 Å². The molecule has 0 atom stereocenters. The number of piperazine rings is 1. The van der Waals surface area contributed by atoms with Gasteiger partial charge in [-0.1, -0.05) is 12.1 Å². The van der Waals surface area contributed by atoms with Gasteiger partial charge < -0.3 is 19.3 Å². The molecule has 2 aromatic carbocycles. The van der Waals surface area contributed by atoms with Crippen molar-refractivity contribution in [2.45, 2.75) is 27.7 Å². The highest BCUT2D eigenvalue weighted by Crippen LogP contribution is 2.29. The number of rotatable bonds is 6. The Morgan fingerprint density at radius 1 is 0.893 bits per heavy atom. The summed E-state index contributed by atoms with van der Waals surface area (Å²) in [6, 6.07) is 12.0. The third-order valence-corrected chi connectivity index (χ3v) is 5.06. The second-order valence-electron chi connectivity index (χ2n) is 7.10. The molecule has 0 unspecified atom stereocenters. The summed E-state index contributed by atoms with van der Waals surface area (Å²) in [5, 5.41) is 0. The summed E-state index contributed by atoms with van der Waals surface area (Å²) in [7, 11) is 0. The van der Waals surface area contributed by atoms with Gasteiger partial charge in [-0.15, -0.1) is 0 Å². The number of aryl methyl sites for hydroxylation is 2. The van der Waals surface area contributed by atoms with Crippen LogP contribution in [-0.4, -0.2) is 50.2 Å². The molecule has 2 aromatic rings. The zero-order chi connectivity index (χ0) is 20.1. The first-order chi connectivity index (χ1) is 13.5. The van der Waals surface area contributed by atoms with Crippen LogP contribution in [0.5, 0.6) is 11.5 Å². The van der Waals surface area contributed by atoms with Gasteiger partial charge in [-0.25, -0.2) is 0 Å². The Bertz CT molecular complexity index is 827. The first-order valence-electron chi connectivity index (χ1n) is 10.0. The van der Waals surface area contributed by atoms with Crippen molar-refractivity contribution >= 4 is 11.6 Å². The Hall–Kier alpha value is -2.69. The summed E-state index contributed by atoms with van der Waals surface area (Å²) in [5.41, 5.74) is 4.45. The van der Waals surface area contributed by atoms with E-state index < -0.39 is 0 Å². The smallest absolute Gasteiger partial charge is 0.254 e. The lowest BCUT2D eigenvalue weighted by atomic mass is 10.1. The van der Waals surface area contributed by atoms with Gasteiger partial charge in [0.1, 0.15) is 0 Å². The van der Waals surface area contributed by atoms with Gasteiger partial charge in [0.2, 0.25) is 0 Å². The highest BCUT2D eigenvalue weighted by molar-refractivity contribution is 5.95. The standard InChI is InChI=1S/C23H30N2O3/c1-5-27-21-10-9-19(16-22(21)28-6-2)23(26)25-13-11-24(12-14-25)20-15-17(3)7-8-18(20)4/h7-10,15-16H,5-6,11-14H2,1-4H3. The van der Waals surface area contributed by atoms with Crippen molar-refractivity contribution in [2.24, 2.45) is 0 Å². The van der Waals surface area contributed by atoms with Gasteiger partial charge in [0.25, 0.3) is 5.91 Å². The van der Waals surface area contributed by atoms with Gasteiger partial charge in [0.15, 0.2) is 11.5 Å². The van der Waals surface area contributed by atoms with Crippen molar-refractivity contribution < 1.29 is 14.3 Å². The minimum absolute atomic E-state index is 0.0459. The number of benzene rings is 2. The number of amides is 1. The van der Waals surface area contributed by atoms with Crippen LogP contribution >= 0.6 is 0 Å². The Morgan fingerprint density at radius 3 is 2.25 bits per heavy atom. The van der Waals surface area contributed by atoms with Crippen molar-refractivity contribution in [3.63, 3.8) is 0 Å². The lowest BCUT2D eigenvalue weighted by molar-refractivity contribution is 0.0746. The molecule has 0 aromatic heterocycles. The van der Waals surface area contributed by atoms with Crippen molar-refractivity contribution in [1.29, 1.82) is 0 Å². The third kappa shape index (κ3) is 4.41. The molecule has 1 aliphatic heterocycles. The zero-order valence-electron chi connectivity index (χ0n) is 17.3. The molecule has 28 heavy (non-hydrogen) atoms. The van der Waals surface area contributed by atoms with Crippen LogP contribution < -0.4 is 14.4 Å². The molecule has 1 amide bonds. The van der Waals surface area contributed by atoms with Gasteiger partial charge in [0.05, 0.1) is 13.2 Å². The van der Waals surface area contributed by atoms with E-state index in [0.717, 1.165) is 13.1 Å². The van der Waals surface area contributed by atoms with E-state index in [1.165, 1.54) is 16.8 Å². The van der Waals surface area contributed by atoms with Crippen molar-refractivity contribution in [2.75, 3.05) is 44.3 Å². The number of hydrogen-bond acceptors (Lipinski definition) is 4. The fourth-order valence-corrected chi connectivity index (χ4v) is 3.58. The van der Waals surface area contributed by atoms with Gasteiger partial charge >= 0.3 is 0 Å². The molecule has 0 N–H and O–H groups in total. The van der Waals surface area contributed by atoms with Crippen LogP contribution in [0.3, 0.4) is 0 Å². The maximum absolute atomic E-state index is 13.0. The number of carbonyl (C=O) groups is 1. The van der Waals surface area contributed by atoms with E-state index >= 15 is 0 Å². The number of carbonyl (C=O) groups excluding carboxylic acids is 1. The average Bonchev–Trinajstić information content (AvgIpc) is 2.71. The molecule has 1 aliphatic rings. The molecule has 0 aliphatic carbocycles. The monoisotopic (exact) mass is 382 g/mol. The predicted molar refractivity (Wildman–Crippen MR) is 113 cm³/mol. The summed E-state index contributed by atoms with van der Waals surface area (Å²) in [4.78, 5) is 17.3. The van der Waals surface area contributed by atoms with Crippen LogP contribution in [0.25, 0.3) is 0 Å². The van der Waals surface area contributed by atoms with Crippen LogP contribution in [0, 0.1) is 13.8 Å². The van der Waals surface area contributed by atoms with Crippen LogP contribution in [0.4, 0.5) is 5.69 Å². The molecule has 5 heteroatoms. The minimum atomic E-state index is 0.0459. The molecule has 3 rings (SSSR count). The molecule has 1 heterocycles. The second-order valence-corrected chi connectivity index (χ2v) is 7.10. The van der Waals surface area contributed by atoms with E-state index in [4.69, 9.17) is 9.47 Å². The maximum atomic E-state index is 13.0. The molecule has 1 fully saturated rings. The van der Waals surface area contributed by atoms with E-state index in [9.17, 15) is 4.79 Å². The summed E-state index contributed by atoms with van der Waals surface area (Å²) in [5.74, 6) is 1.36. The fourth-order valence-electron chi connectivity index (χ4n) is 3.58. The summed E-state index contributed by atoms with van der Waals surface area (Å²) in [6.45, 7) is 12.3. The summed E-state index contributed by atoms with van der Waals surface area (Å²) in [6.07, 6.45) is 0. The van der Waals surface area contributed by atoms with E-state index in [1.807, 2.05) is 30.9 Å². The Labute approximate surface area is 167 Å². The highest BCUT2D eigenvalue weighted by Gasteiger charge is 2.24. The lowest BCUT2D eigenvalue weighted by Crippen LogP contribution is -2.49. The summed E-state index contributed by atoms with van der Waals surface area (Å²) < 4.78 is 11.3. The summed E-state index contributed by atoms with van der Waals surface area (Å²) >= 11 is 0. The van der Waals surface area contributed by atoms with Crippen molar-refractivity contribution in [3.05, 3.63) is 53.1 Å². The Kier molecular flexibility index (Phi) is 6.45. The molecule has 0 radical (unpaired) electrons. The number of ether oxygens (including phenoxy) is 2. The molecule has 0 spiro atoms. The Balaban J connectivity index is 1.69. The van der Waals surface area contributed by atoms with Gasteiger partial charge in [-0.05, 0) is 63.1 Å². The molecule has 150 valence electrons. The van der Waals surface area contributed by atoms with Crippen LogP contribution in [0.2, 0.25) is 0 Å². The van der Waals surface area contributed by atoms with E-state index in [-0.39, 0.29) is 5.91 Å². The molecular formula is C23H30N2O3. The number of anilines is 1. The molecule has 0 saturated carbocycles. The zero-order valence-corrected chi connectivity index (χ0v) is 17.3. The molecule has 1 saturated heterocycles. The maximum Gasteiger partial charge on any atom is 0.254 e. The minimum Gasteiger partial charge on any atom is -0.490 e.